The summed E-state index contributed by atoms with van der Waals surface area (Å²) in [6.45, 7) is 28.5. The number of alkyl carbamates (subject to hydrolysis) is 2. The molecule has 4 saturated carbocycles. The molecular weight excluding hydrogens is 725 g/mol. The van der Waals surface area contributed by atoms with Crippen molar-refractivity contribution in [3.63, 3.8) is 0 Å². The zero-order chi connectivity index (χ0) is 43.2. The molecule has 0 heterocycles. The van der Waals surface area contributed by atoms with Crippen LogP contribution in [0.4, 0.5) is 9.59 Å². The van der Waals surface area contributed by atoms with E-state index >= 15 is 0 Å². The number of esters is 1. The van der Waals surface area contributed by atoms with Crippen LogP contribution < -0.4 is 10.6 Å². The molecule has 0 spiro atoms. The molecule has 0 aliphatic heterocycles. The smallest absolute Gasteiger partial charge is 0.408 e. The molecular formula is C46H82N2O9. The van der Waals surface area contributed by atoms with Gasteiger partial charge in [0, 0.05) is 12.0 Å². The molecule has 11 nitrogen and oxygen atoms in total. The quantitative estimate of drug-likeness (QED) is 0.0695. The summed E-state index contributed by atoms with van der Waals surface area (Å²) in [6.07, 6.45) is 7.50. The molecule has 0 aromatic carbocycles. The number of ether oxygens (including phenoxy) is 3. The zero-order valence-electron chi connectivity index (χ0n) is 38.2. The summed E-state index contributed by atoms with van der Waals surface area (Å²) in [6, 6.07) is -0.909. The highest BCUT2D eigenvalue weighted by atomic mass is 16.6. The van der Waals surface area contributed by atoms with Crippen molar-refractivity contribution in [1.29, 1.82) is 0 Å². The number of fused-ring (bicyclic) bond motifs is 5. The van der Waals surface area contributed by atoms with Crippen molar-refractivity contribution in [2.75, 3.05) is 6.54 Å². The lowest BCUT2D eigenvalue weighted by Gasteiger charge is -2.70. The first-order chi connectivity index (χ1) is 25.9. The first kappa shape index (κ1) is 47.6. The lowest BCUT2D eigenvalue weighted by molar-refractivity contribution is -0.249. The number of hydrogen-bond donors (Lipinski definition) is 5. The SMILES string of the molecule is CC(C)(O)CCC[C@@](C)(O)[C@H]1CC[C@]2(C)[C@@H]1[C@H](O)C[C@@H]1[C@@]3(C)CC[C@H](OC(=O)[C@H](CCCCNC(=O)OC(C)(C)C)NC(=O)OC(C)(C)C)C(C)(C)[C@@H]3CC[C@]12C. The Balaban J connectivity index is 1.47. The maximum atomic E-state index is 14.0. The lowest BCUT2D eigenvalue weighted by Crippen LogP contribution is -2.67. The Morgan fingerprint density at radius 3 is 1.93 bits per heavy atom. The van der Waals surface area contributed by atoms with E-state index in [9.17, 15) is 29.7 Å². The van der Waals surface area contributed by atoms with Gasteiger partial charge in [0.15, 0.2) is 0 Å². The van der Waals surface area contributed by atoms with Gasteiger partial charge in [0.1, 0.15) is 23.3 Å². The van der Waals surface area contributed by atoms with Gasteiger partial charge in [0.05, 0.1) is 17.3 Å². The summed E-state index contributed by atoms with van der Waals surface area (Å²) in [5, 5.41) is 40.0. The van der Waals surface area contributed by atoms with Crippen LogP contribution in [-0.4, -0.2) is 80.7 Å². The molecule has 0 bridgehead atoms. The number of carbonyl (C=O) groups is 3. The number of hydrogen-bond acceptors (Lipinski definition) is 9. The van der Waals surface area contributed by atoms with E-state index in [0.29, 0.717) is 51.5 Å². The number of carbonyl (C=O) groups excluding carboxylic acids is 3. The average Bonchev–Trinajstić information content (AvgIpc) is 3.41. The Morgan fingerprint density at radius 1 is 0.737 bits per heavy atom. The lowest BCUT2D eigenvalue weighted by atomic mass is 9.35. The van der Waals surface area contributed by atoms with Crippen LogP contribution in [0.2, 0.25) is 0 Å². The monoisotopic (exact) mass is 807 g/mol. The molecule has 57 heavy (non-hydrogen) atoms. The maximum absolute atomic E-state index is 14.0. The third-order valence-electron chi connectivity index (χ3n) is 15.4. The van der Waals surface area contributed by atoms with Gasteiger partial charge in [-0.25, -0.2) is 14.4 Å². The molecule has 4 aliphatic rings. The molecule has 0 saturated heterocycles. The van der Waals surface area contributed by atoms with Crippen LogP contribution in [0, 0.1) is 45.3 Å². The Bertz CT molecular complexity index is 1430. The minimum absolute atomic E-state index is 0.00215. The van der Waals surface area contributed by atoms with Gasteiger partial charge < -0.3 is 40.2 Å². The molecule has 11 atom stereocenters. The van der Waals surface area contributed by atoms with Crippen LogP contribution >= 0.6 is 0 Å². The largest absolute Gasteiger partial charge is 0.460 e. The second-order valence-electron chi connectivity index (χ2n) is 22.9. The van der Waals surface area contributed by atoms with E-state index < -0.39 is 52.7 Å². The van der Waals surface area contributed by atoms with Crippen LogP contribution in [0.15, 0.2) is 0 Å². The van der Waals surface area contributed by atoms with Gasteiger partial charge in [0.25, 0.3) is 0 Å². The maximum Gasteiger partial charge on any atom is 0.408 e. The topological polar surface area (TPSA) is 164 Å². The number of aliphatic hydroxyl groups excluding tert-OH is 1. The van der Waals surface area contributed by atoms with Crippen LogP contribution in [-0.2, 0) is 19.0 Å². The highest BCUT2D eigenvalue weighted by Gasteiger charge is 2.71. The molecule has 4 fully saturated rings. The van der Waals surface area contributed by atoms with E-state index in [1.165, 1.54) is 0 Å². The molecule has 4 rings (SSSR count). The van der Waals surface area contributed by atoms with Crippen LogP contribution in [0.25, 0.3) is 0 Å². The van der Waals surface area contributed by atoms with Crippen molar-refractivity contribution in [3.8, 4) is 0 Å². The van der Waals surface area contributed by atoms with Crippen molar-refractivity contribution in [2.45, 2.75) is 221 Å². The molecule has 11 heteroatoms. The van der Waals surface area contributed by atoms with Crippen molar-refractivity contribution < 1.29 is 43.9 Å². The fraction of sp³-hybridized carbons (Fsp3) is 0.935. The summed E-state index contributed by atoms with van der Waals surface area (Å²) in [4.78, 5) is 39.1. The summed E-state index contributed by atoms with van der Waals surface area (Å²) in [5.74, 6) is 0.0471. The van der Waals surface area contributed by atoms with Crippen molar-refractivity contribution >= 4 is 18.2 Å². The molecule has 330 valence electrons. The van der Waals surface area contributed by atoms with E-state index in [1.54, 1.807) is 20.8 Å². The molecule has 0 unspecified atom stereocenters. The Labute approximate surface area is 344 Å². The molecule has 5 N–H and O–H groups in total. The van der Waals surface area contributed by atoms with E-state index in [-0.39, 0.29) is 51.4 Å². The summed E-state index contributed by atoms with van der Waals surface area (Å²) >= 11 is 0. The Hall–Kier alpha value is -2.11. The van der Waals surface area contributed by atoms with Crippen molar-refractivity contribution in [3.05, 3.63) is 0 Å². The number of nitrogens with one attached hydrogen (secondary N) is 2. The number of unbranched alkanes of at least 4 members (excludes halogenated alkanes) is 1. The normalized spacial score (nSPS) is 35.4. The van der Waals surface area contributed by atoms with Gasteiger partial charge in [-0.05, 0) is 186 Å². The number of aliphatic hydroxyl groups is 3. The third-order valence-corrected chi connectivity index (χ3v) is 15.4. The predicted molar refractivity (Wildman–Crippen MR) is 222 cm³/mol. The van der Waals surface area contributed by atoms with E-state index in [1.807, 2.05) is 41.5 Å². The second kappa shape index (κ2) is 16.7. The second-order valence-corrected chi connectivity index (χ2v) is 22.9. The highest BCUT2D eigenvalue weighted by molar-refractivity contribution is 5.81. The van der Waals surface area contributed by atoms with E-state index in [4.69, 9.17) is 14.2 Å². The Morgan fingerprint density at radius 2 is 1.33 bits per heavy atom. The minimum atomic E-state index is -0.921. The van der Waals surface area contributed by atoms with E-state index in [2.05, 4.69) is 45.3 Å². The van der Waals surface area contributed by atoms with Crippen LogP contribution in [0.1, 0.15) is 180 Å². The fourth-order valence-electron chi connectivity index (χ4n) is 12.6. The van der Waals surface area contributed by atoms with Gasteiger partial charge in [-0.1, -0.05) is 34.6 Å². The molecule has 0 aromatic rings. The zero-order valence-corrected chi connectivity index (χ0v) is 38.2. The van der Waals surface area contributed by atoms with Gasteiger partial charge in [-0.2, -0.15) is 0 Å². The van der Waals surface area contributed by atoms with Crippen LogP contribution in [0.5, 0.6) is 0 Å². The van der Waals surface area contributed by atoms with E-state index in [0.717, 1.165) is 38.5 Å². The number of rotatable bonds is 13. The molecule has 2 amide bonds. The van der Waals surface area contributed by atoms with Gasteiger partial charge in [0.2, 0.25) is 0 Å². The molecule has 0 radical (unpaired) electrons. The summed E-state index contributed by atoms with van der Waals surface area (Å²) in [5.41, 5.74) is -3.63. The standard InChI is InChI=1S/C46H82N2O9/c1-39(2,3)56-37(51)47-27-16-15-18-30(48-38(52)57-40(4,5)6)36(50)55-34-21-24-43(11)32(42(34,9)10)20-26-44(12)33(43)28-31(49)35-29(19-25-45(35,44)13)46(14,54)23-17-22-41(7,8)53/h29-35,49,53-54H,15-28H2,1-14H3,(H,47,51)(H,48,52)/t29-,30-,31+,32-,33+,34-,35-,43-,44+,45+,46+/m0/s1. The average molecular weight is 807 g/mol. The number of amides is 2. The molecule has 0 aromatic heterocycles. The fourth-order valence-corrected chi connectivity index (χ4v) is 12.6. The Kier molecular flexibility index (Phi) is 14.0. The highest BCUT2D eigenvalue weighted by Crippen LogP contribution is 2.76. The summed E-state index contributed by atoms with van der Waals surface area (Å²) < 4.78 is 17.3. The summed E-state index contributed by atoms with van der Waals surface area (Å²) in [7, 11) is 0. The predicted octanol–water partition coefficient (Wildman–Crippen LogP) is 8.83. The van der Waals surface area contributed by atoms with Crippen molar-refractivity contribution in [2.24, 2.45) is 45.3 Å². The van der Waals surface area contributed by atoms with Gasteiger partial charge in [-0.3, -0.25) is 0 Å². The minimum Gasteiger partial charge on any atom is -0.460 e. The van der Waals surface area contributed by atoms with Gasteiger partial charge >= 0.3 is 18.2 Å². The van der Waals surface area contributed by atoms with Crippen LogP contribution in [0.3, 0.4) is 0 Å². The first-order valence-electron chi connectivity index (χ1n) is 22.2. The third kappa shape index (κ3) is 10.6. The van der Waals surface area contributed by atoms with Crippen molar-refractivity contribution in [1.82, 2.24) is 10.6 Å². The molecule has 4 aliphatic carbocycles. The first-order valence-corrected chi connectivity index (χ1v) is 22.2. The van der Waals surface area contributed by atoms with Gasteiger partial charge in [-0.15, -0.1) is 0 Å².